The van der Waals surface area contributed by atoms with Gasteiger partial charge in [0.15, 0.2) is 0 Å². The number of amides is 2. The SMILES string of the molecule is CC(=O)Nc1cccc2c1ccn2CC(=O)Nc1ccccn1. The summed E-state index contributed by atoms with van der Waals surface area (Å²) in [7, 11) is 0. The Morgan fingerprint density at radius 2 is 1.96 bits per heavy atom. The zero-order valence-corrected chi connectivity index (χ0v) is 12.6. The highest BCUT2D eigenvalue weighted by molar-refractivity contribution is 6.01. The fraction of sp³-hybridized carbons (Fsp3) is 0.118. The highest BCUT2D eigenvalue weighted by Crippen LogP contribution is 2.24. The zero-order valence-electron chi connectivity index (χ0n) is 12.6. The van der Waals surface area contributed by atoms with Crippen molar-refractivity contribution in [2.24, 2.45) is 0 Å². The second-order valence-electron chi connectivity index (χ2n) is 5.13. The smallest absolute Gasteiger partial charge is 0.245 e. The molecule has 3 rings (SSSR count). The lowest BCUT2D eigenvalue weighted by Crippen LogP contribution is -2.18. The molecule has 0 saturated heterocycles. The van der Waals surface area contributed by atoms with E-state index in [4.69, 9.17) is 0 Å². The normalized spacial score (nSPS) is 10.5. The number of nitrogens with one attached hydrogen (secondary N) is 2. The van der Waals surface area contributed by atoms with Gasteiger partial charge in [0, 0.05) is 24.7 Å². The second-order valence-corrected chi connectivity index (χ2v) is 5.13. The van der Waals surface area contributed by atoms with Crippen LogP contribution in [0.25, 0.3) is 10.9 Å². The zero-order chi connectivity index (χ0) is 16.2. The Morgan fingerprint density at radius 3 is 2.70 bits per heavy atom. The molecule has 23 heavy (non-hydrogen) atoms. The lowest BCUT2D eigenvalue weighted by molar-refractivity contribution is -0.117. The molecule has 1 aromatic carbocycles. The topological polar surface area (TPSA) is 76.0 Å². The molecule has 0 aliphatic heterocycles. The maximum absolute atomic E-state index is 12.1. The fourth-order valence-electron chi connectivity index (χ4n) is 2.43. The molecular weight excluding hydrogens is 292 g/mol. The van der Waals surface area contributed by atoms with Crippen molar-refractivity contribution in [1.82, 2.24) is 9.55 Å². The monoisotopic (exact) mass is 308 g/mol. The van der Waals surface area contributed by atoms with E-state index in [-0.39, 0.29) is 18.4 Å². The minimum absolute atomic E-state index is 0.127. The number of pyridine rings is 1. The molecule has 0 spiro atoms. The first-order valence-electron chi connectivity index (χ1n) is 7.20. The van der Waals surface area contributed by atoms with Crippen LogP contribution in [0.5, 0.6) is 0 Å². The molecule has 2 heterocycles. The molecule has 6 nitrogen and oxygen atoms in total. The summed E-state index contributed by atoms with van der Waals surface area (Å²) in [6.45, 7) is 1.64. The first-order valence-corrected chi connectivity index (χ1v) is 7.20. The molecular formula is C17H16N4O2. The minimum Gasteiger partial charge on any atom is -0.338 e. The van der Waals surface area contributed by atoms with Crippen LogP contribution in [0.2, 0.25) is 0 Å². The number of aromatic nitrogens is 2. The van der Waals surface area contributed by atoms with E-state index >= 15 is 0 Å². The lowest BCUT2D eigenvalue weighted by atomic mass is 10.2. The van der Waals surface area contributed by atoms with Gasteiger partial charge in [0.1, 0.15) is 12.4 Å². The molecule has 0 bridgehead atoms. The Labute approximate surface area is 133 Å². The average molecular weight is 308 g/mol. The first kappa shape index (κ1) is 14.8. The molecule has 0 fully saturated rings. The highest BCUT2D eigenvalue weighted by Gasteiger charge is 2.10. The largest absolute Gasteiger partial charge is 0.338 e. The van der Waals surface area contributed by atoms with Gasteiger partial charge in [-0.25, -0.2) is 4.98 Å². The third-order valence-corrected chi connectivity index (χ3v) is 3.37. The summed E-state index contributed by atoms with van der Waals surface area (Å²) < 4.78 is 1.83. The Bertz CT molecular complexity index is 855. The number of anilines is 2. The molecule has 0 atom stereocenters. The maximum atomic E-state index is 12.1. The van der Waals surface area contributed by atoms with Crippen molar-refractivity contribution in [2.75, 3.05) is 10.6 Å². The predicted molar refractivity (Wildman–Crippen MR) is 89.1 cm³/mol. The van der Waals surface area contributed by atoms with Gasteiger partial charge in [-0.05, 0) is 30.3 Å². The van der Waals surface area contributed by atoms with Crippen molar-refractivity contribution in [3.05, 3.63) is 54.9 Å². The van der Waals surface area contributed by atoms with Crippen LogP contribution in [0.1, 0.15) is 6.92 Å². The number of carbonyl (C=O) groups excluding carboxylic acids is 2. The third-order valence-electron chi connectivity index (χ3n) is 3.37. The molecule has 2 aromatic heterocycles. The van der Waals surface area contributed by atoms with Gasteiger partial charge in [0.05, 0.1) is 11.2 Å². The molecule has 2 N–H and O–H groups in total. The van der Waals surface area contributed by atoms with E-state index in [0.29, 0.717) is 5.82 Å². The maximum Gasteiger partial charge on any atom is 0.245 e. The van der Waals surface area contributed by atoms with Gasteiger partial charge in [-0.3, -0.25) is 9.59 Å². The van der Waals surface area contributed by atoms with E-state index in [1.807, 2.05) is 41.1 Å². The van der Waals surface area contributed by atoms with Crippen LogP contribution in [0.4, 0.5) is 11.5 Å². The van der Waals surface area contributed by atoms with E-state index in [1.165, 1.54) is 6.92 Å². The molecule has 0 unspecified atom stereocenters. The summed E-state index contributed by atoms with van der Waals surface area (Å²) in [6, 6.07) is 12.8. The molecule has 0 saturated carbocycles. The van der Waals surface area contributed by atoms with Gasteiger partial charge < -0.3 is 15.2 Å². The molecule has 2 amide bonds. The van der Waals surface area contributed by atoms with Crippen LogP contribution in [0, 0.1) is 0 Å². The molecule has 6 heteroatoms. The first-order chi connectivity index (χ1) is 11.1. The van der Waals surface area contributed by atoms with E-state index in [0.717, 1.165) is 16.6 Å². The van der Waals surface area contributed by atoms with Crippen molar-refractivity contribution in [3.63, 3.8) is 0 Å². The van der Waals surface area contributed by atoms with Gasteiger partial charge in [0.25, 0.3) is 0 Å². The molecule has 116 valence electrons. The van der Waals surface area contributed by atoms with Crippen LogP contribution >= 0.6 is 0 Å². The summed E-state index contributed by atoms with van der Waals surface area (Å²) >= 11 is 0. The van der Waals surface area contributed by atoms with Gasteiger partial charge >= 0.3 is 0 Å². The molecule has 0 aliphatic carbocycles. The second kappa shape index (κ2) is 6.31. The van der Waals surface area contributed by atoms with Gasteiger partial charge in [-0.2, -0.15) is 0 Å². The summed E-state index contributed by atoms with van der Waals surface area (Å²) in [5.74, 6) is 0.233. The Balaban J connectivity index is 1.81. The van der Waals surface area contributed by atoms with Gasteiger partial charge in [-0.1, -0.05) is 12.1 Å². The quantitative estimate of drug-likeness (QED) is 0.778. The van der Waals surface area contributed by atoms with E-state index in [2.05, 4.69) is 15.6 Å². The van der Waals surface area contributed by atoms with Crippen molar-refractivity contribution in [1.29, 1.82) is 0 Å². The van der Waals surface area contributed by atoms with Crippen LogP contribution in [0.15, 0.2) is 54.9 Å². The van der Waals surface area contributed by atoms with Gasteiger partial charge in [0.2, 0.25) is 11.8 Å². The van der Waals surface area contributed by atoms with Crippen LogP contribution in [-0.4, -0.2) is 21.4 Å². The number of fused-ring (bicyclic) bond motifs is 1. The summed E-state index contributed by atoms with van der Waals surface area (Å²) in [4.78, 5) is 27.5. The molecule has 3 aromatic rings. The van der Waals surface area contributed by atoms with Crippen molar-refractivity contribution in [3.8, 4) is 0 Å². The average Bonchev–Trinajstić information content (AvgIpc) is 2.92. The van der Waals surface area contributed by atoms with Crippen molar-refractivity contribution in [2.45, 2.75) is 13.5 Å². The highest BCUT2D eigenvalue weighted by atomic mass is 16.2. The number of hydrogen-bond acceptors (Lipinski definition) is 3. The lowest BCUT2D eigenvalue weighted by Gasteiger charge is -2.08. The number of carbonyl (C=O) groups is 2. The van der Waals surface area contributed by atoms with E-state index in [1.54, 1.807) is 18.3 Å². The Morgan fingerprint density at radius 1 is 1.09 bits per heavy atom. The molecule has 0 aliphatic rings. The minimum atomic E-state index is -0.161. The Hall–Kier alpha value is -3.15. The summed E-state index contributed by atoms with van der Waals surface area (Å²) in [6.07, 6.45) is 3.45. The number of hydrogen-bond donors (Lipinski definition) is 2. The van der Waals surface area contributed by atoms with E-state index in [9.17, 15) is 9.59 Å². The third kappa shape index (κ3) is 3.37. The summed E-state index contributed by atoms with van der Waals surface area (Å²) in [5, 5.41) is 6.44. The van der Waals surface area contributed by atoms with Crippen LogP contribution in [0.3, 0.4) is 0 Å². The van der Waals surface area contributed by atoms with Crippen molar-refractivity contribution >= 4 is 34.2 Å². The standard InChI is InChI=1S/C17H16N4O2/c1-12(22)19-14-5-4-6-15-13(14)8-10-21(15)11-17(23)20-16-7-2-3-9-18-16/h2-10H,11H2,1H3,(H,19,22)(H,18,20,23). The van der Waals surface area contributed by atoms with Gasteiger partial charge in [-0.15, -0.1) is 0 Å². The Kier molecular flexibility index (Phi) is 4.05. The number of benzene rings is 1. The summed E-state index contributed by atoms with van der Waals surface area (Å²) in [5.41, 5.74) is 1.62. The van der Waals surface area contributed by atoms with E-state index < -0.39 is 0 Å². The van der Waals surface area contributed by atoms with Crippen LogP contribution < -0.4 is 10.6 Å². The van der Waals surface area contributed by atoms with Crippen LogP contribution in [-0.2, 0) is 16.1 Å². The molecule has 0 radical (unpaired) electrons. The number of nitrogens with zero attached hydrogens (tertiary/aromatic N) is 2. The van der Waals surface area contributed by atoms with Crippen molar-refractivity contribution < 1.29 is 9.59 Å². The predicted octanol–water partition coefficient (Wildman–Crippen LogP) is 2.63. The number of rotatable bonds is 4. The fourth-order valence-corrected chi connectivity index (χ4v) is 2.43.